The van der Waals surface area contributed by atoms with Crippen LogP contribution in [0.25, 0.3) is 11.0 Å². The van der Waals surface area contributed by atoms with Crippen molar-refractivity contribution in [3.05, 3.63) is 59.4 Å². The first-order valence-electron chi connectivity index (χ1n) is 7.84. The average Bonchev–Trinajstić information content (AvgIpc) is 2.80. The molecule has 0 spiro atoms. The summed E-state index contributed by atoms with van der Waals surface area (Å²) in [4.78, 5) is 4.52. The molecule has 0 bridgehead atoms. The number of aryl methyl sites for hydroxylation is 3. The Bertz CT molecular complexity index is 803. The average molecular weight is 310 g/mol. The van der Waals surface area contributed by atoms with Crippen molar-refractivity contribution < 1.29 is 9.84 Å². The summed E-state index contributed by atoms with van der Waals surface area (Å²) in [6.07, 6.45) is -0.591. The molecule has 0 saturated carbocycles. The third-order valence-corrected chi connectivity index (χ3v) is 3.88. The lowest BCUT2D eigenvalue weighted by Crippen LogP contribution is -2.24. The number of aliphatic hydroxyl groups is 1. The molecule has 4 nitrogen and oxygen atoms in total. The Balaban J connectivity index is 1.69. The van der Waals surface area contributed by atoms with Crippen LogP contribution >= 0.6 is 0 Å². The Kier molecular flexibility index (Phi) is 4.35. The molecule has 0 fully saturated rings. The van der Waals surface area contributed by atoms with Gasteiger partial charge in [-0.15, -0.1) is 0 Å². The minimum atomic E-state index is -0.591. The van der Waals surface area contributed by atoms with Crippen molar-refractivity contribution in [3.63, 3.8) is 0 Å². The van der Waals surface area contributed by atoms with Crippen LogP contribution in [0.1, 0.15) is 17.0 Å². The lowest BCUT2D eigenvalue weighted by molar-refractivity contribution is 0.0929. The Hall–Kier alpha value is -2.33. The highest BCUT2D eigenvalue weighted by atomic mass is 16.5. The first kappa shape index (κ1) is 15.6. The predicted molar refractivity (Wildman–Crippen MR) is 91.9 cm³/mol. The lowest BCUT2D eigenvalue weighted by atomic mass is 10.1. The molecule has 0 saturated heterocycles. The standard InChI is InChI=1S/C19H22N2O2/c1-13-8-14(2)10-17(9-13)23-12-16(22)11-21-15(3)20-18-6-4-5-7-19(18)21/h4-10,16,22H,11-12H2,1-3H3. The number of aromatic nitrogens is 2. The fourth-order valence-electron chi connectivity index (χ4n) is 2.90. The molecule has 4 heteroatoms. The number of fused-ring (bicyclic) bond motifs is 1. The summed E-state index contributed by atoms with van der Waals surface area (Å²) in [5, 5.41) is 10.3. The third kappa shape index (κ3) is 3.54. The van der Waals surface area contributed by atoms with Crippen molar-refractivity contribution in [1.29, 1.82) is 0 Å². The highest BCUT2D eigenvalue weighted by Gasteiger charge is 2.12. The van der Waals surface area contributed by atoms with Crippen LogP contribution in [-0.4, -0.2) is 27.4 Å². The van der Waals surface area contributed by atoms with Gasteiger partial charge in [-0.1, -0.05) is 18.2 Å². The van der Waals surface area contributed by atoms with Crippen LogP contribution in [0.2, 0.25) is 0 Å². The van der Waals surface area contributed by atoms with Gasteiger partial charge in [0.1, 0.15) is 24.3 Å². The summed E-state index contributed by atoms with van der Waals surface area (Å²) in [5.74, 6) is 1.70. The summed E-state index contributed by atoms with van der Waals surface area (Å²) in [6.45, 7) is 6.76. The molecule has 23 heavy (non-hydrogen) atoms. The Morgan fingerprint density at radius 3 is 2.52 bits per heavy atom. The van der Waals surface area contributed by atoms with E-state index in [1.807, 2.05) is 61.7 Å². The van der Waals surface area contributed by atoms with Crippen LogP contribution in [0, 0.1) is 20.8 Å². The van der Waals surface area contributed by atoms with Gasteiger partial charge in [-0.25, -0.2) is 4.98 Å². The van der Waals surface area contributed by atoms with E-state index in [1.54, 1.807) is 0 Å². The van der Waals surface area contributed by atoms with Crippen molar-refractivity contribution in [1.82, 2.24) is 9.55 Å². The first-order valence-corrected chi connectivity index (χ1v) is 7.84. The molecular formula is C19H22N2O2. The molecule has 120 valence electrons. The van der Waals surface area contributed by atoms with Crippen LogP contribution in [0.15, 0.2) is 42.5 Å². The molecule has 2 aromatic carbocycles. The first-order chi connectivity index (χ1) is 11.0. The number of imidazole rings is 1. The Labute approximate surface area is 136 Å². The quantitative estimate of drug-likeness (QED) is 0.785. The maximum absolute atomic E-state index is 10.3. The van der Waals surface area contributed by atoms with Crippen LogP contribution < -0.4 is 4.74 Å². The molecule has 3 rings (SSSR count). The van der Waals surface area contributed by atoms with E-state index in [-0.39, 0.29) is 6.61 Å². The number of para-hydroxylation sites is 2. The number of benzene rings is 2. The van der Waals surface area contributed by atoms with Crippen molar-refractivity contribution in [2.75, 3.05) is 6.61 Å². The molecule has 3 aromatic rings. The molecule has 0 aliphatic carbocycles. The SMILES string of the molecule is Cc1cc(C)cc(OCC(O)Cn2c(C)nc3ccccc32)c1. The minimum absolute atomic E-state index is 0.259. The zero-order valence-electron chi connectivity index (χ0n) is 13.8. The molecule has 1 heterocycles. The number of hydrogen-bond donors (Lipinski definition) is 1. The molecule has 1 atom stereocenters. The summed E-state index contributed by atoms with van der Waals surface area (Å²) in [5.41, 5.74) is 4.31. The predicted octanol–water partition coefficient (Wildman–Crippen LogP) is 3.40. The van der Waals surface area contributed by atoms with E-state index in [2.05, 4.69) is 11.1 Å². The minimum Gasteiger partial charge on any atom is -0.491 e. The molecular weight excluding hydrogens is 288 g/mol. The van der Waals surface area contributed by atoms with Crippen LogP contribution in [0.5, 0.6) is 5.75 Å². The van der Waals surface area contributed by atoms with Crippen molar-refractivity contribution in [3.8, 4) is 5.75 Å². The van der Waals surface area contributed by atoms with Crippen molar-refractivity contribution in [2.24, 2.45) is 0 Å². The third-order valence-electron chi connectivity index (χ3n) is 3.88. The van der Waals surface area contributed by atoms with Crippen LogP contribution in [0.3, 0.4) is 0 Å². The van der Waals surface area contributed by atoms with E-state index in [0.717, 1.165) is 33.7 Å². The van der Waals surface area contributed by atoms with Gasteiger partial charge >= 0.3 is 0 Å². The highest BCUT2D eigenvalue weighted by Crippen LogP contribution is 2.18. The number of rotatable bonds is 5. The van der Waals surface area contributed by atoms with Crippen molar-refractivity contribution >= 4 is 11.0 Å². The number of aliphatic hydroxyl groups excluding tert-OH is 1. The van der Waals surface area contributed by atoms with E-state index in [1.165, 1.54) is 0 Å². The van der Waals surface area contributed by atoms with Gasteiger partial charge in [0.25, 0.3) is 0 Å². The van der Waals surface area contributed by atoms with Crippen LogP contribution in [0.4, 0.5) is 0 Å². The zero-order valence-corrected chi connectivity index (χ0v) is 13.8. The topological polar surface area (TPSA) is 47.3 Å². The highest BCUT2D eigenvalue weighted by molar-refractivity contribution is 5.75. The largest absolute Gasteiger partial charge is 0.491 e. The maximum Gasteiger partial charge on any atom is 0.119 e. The van der Waals surface area contributed by atoms with Gasteiger partial charge in [-0.3, -0.25) is 0 Å². The lowest BCUT2D eigenvalue weighted by Gasteiger charge is -2.15. The number of ether oxygens (including phenoxy) is 1. The van der Waals surface area contributed by atoms with E-state index in [9.17, 15) is 5.11 Å². The molecule has 1 aromatic heterocycles. The number of nitrogens with zero attached hydrogens (tertiary/aromatic N) is 2. The molecule has 0 radical (unpaired) electrons. The van der Waals surface area contributed by atoms with E-state index < -0.39 is 6.10 Å². The number of hydrogen-bond acceptors (Lipinski definition) is 3. The monoisotopic (exact) mass is 310 g/mol. The van der Waals surface area contributed by atoms with E-state index in [0.29, 0.717) is 6.54 Å². The van der Waals surface area contributed by atoms with E-state index >= 15 is 0 Å². The smallest absolute Gasteiger partial charge is 0.119 e. The van der Waals surface area contributed by atoms with E-state index in [4.69, 9.17) is 4.74 Å². The van der Waals surface area contributed by atoms with Gasteiger partial charge in [0, 0.05) is 0 Å². The van der Waals surface area contributed by atoms with Gasteiger partial charge < -0.3 is 14.4 Å². The summed E-state index contributed by atoms with van der Waals surface area (Å²) < 4.78 is 7.78. The second-order valence-electron chi connectivity index (χ2n) is 6.05. The van der Waals surface area contributed by atoms with Gasteiger partial charge in [0.15, 0.2) is 0 Å². The van der Waals surface area contributed by atoms with Crippen LogP contribution in [-0.2, 0) is 6.54 Å². The second-order valence-corrected chi connectivity index (χ2v) is 6.05. The maximum atomic E-state index is 10.3. The van der Waals surface area contributed by atoms with Gasteiger partial charge in [0.05, 0.1) is 17.6 Å². The summed E-state index contributed by atoms with van der Waals surface area (Å²) >= 11 is 0. The molecule has 1 N–H and O–H groups in total. The molecule has 0 aliphatic rings. The molecule has 1 unspecified atom stereocenters. The fraction of sp³-hybridized carbons (Fsp3) is 0.316. The van der Waals surface area contributed by atoms with Gasteiger partial charge in [-0.05, 0) is 56.2 Å². The molecule has 0 aliphatic heterocycles. The second kappa shape index (κ2) is 6.42. The Morgan fingerprint density at radius 2 is 1.78 bits per heavy atom. The fourth-order valence-corrected chi connectivity index (χ4v) is 2.90. The normalized spacial score (nSPS) is 12.5. The van der Waals surface area contributed by atoms with Gasteiger partial charge in [-0.2, -0.15) is 0 Å². The van der Waals surface area contributed by atoms with Gasteiger partial charge in [0.2, 0.25) is 0 Å². The molecule has 0 amide bonds. The zero-order chi connectivity index (χ0) is 16.4. The summed E-state index contributed by atoms with van der Waals surface area (Å²) in [6, 6.07) is 14.0. The summed E-state index contributed by atoms with van der Waals surface area (Å²) in [7, 11) is 0. The van der Waals surface area contributed by atoms with Crippen molar-refractivity contribution in [2.45, 2.75) is 33.4 Å². The Morgan fingerprint density at radius 1 is 1.09 bits per heavy atom.